The second kappa shape index (κ2) is 6.29. The van der Waals surface area contributed by atoms with Crippen molar-refractivity contribution in [3.63, 3.8) is 0 Å². The van der Waals surface area contributed by atoms with Gasteiger partial charge in [-0.05, 0) is 42.7 Å². The van der Waals surface area contributed by atoms with Crippen molar-refractivity contribution >= 4 is 11.6 Å². The van der Waals surface area contributed by atoms with Gasteiger partial charge in [-0.3, -0.25) is 0 Å². The summed E-state index contributed by atoms with van der Waals surface area (Å²) < 4.78 is 5.35. The third-order valence-corrected chi connectivity index (χ3v) is 3.93. The van der Waals surface area contributed by atoms with Crippen molar-refractivity contribution in [2.45, 2.75) is 26.4 Å². The number of aliphatic hydroxyl groups is 1. The van der Waals surface area contributed by atoms with Crippen molar-refractivity contribution in [1.29, 1.82) is 0 Å². The van der Waals surface area contributed by atoms with Gasteiger partial charge in [0.25, 0.3) is 0 Å². The highest BCUT2D eigenvalue weighted by Gasteiger charge is 2.15. The number of aliphatic hydroxyl groups excluding tert-OH is 1. The van der Waals surface area contributed by atoms with Gasteiger partial charge in [-0.15, -0.1) is 0 Å². The Labute approximate surface area is 125 Å². The first-order valence-corrected chi connectivity index (χ1v) is 6.97. The molecule has 0 radical (unpaired) electrons. The maximum absolute atomic E-state index is 10.5. The van der Waals surface area contributed by atoms with Gasteiger partial charge in [0.05, 0.1) is 13.2 Å². The first-order valence-electron chi connectivity index (χ1n) is 6.59. The first-order chi connectivity index (χ1) is 9.52. The lowest BCUT2D eigenvalue weighted by Crippen LogP contribution is -2.05. The van der Waals surface area contributed by atoms with E-state index in [1.807, 2.05) is 50.2 Å². The predicted molar refractivity (Wildman–Crippen MR) is 82.6 cm³/mol. The first kappa shape index (κ1) is 14.9. The average Bonchev–Trinajstić information content (AvgIpc) is 2.42. The number of halogens is 1. The Morgan fingerprint density at radius 3 is 2.65 bits per heavy atom. The standard InChI is InChI=1S/C17H19ClO2/c1-11-7-8-17(20-3)13(9-11)10-16(19)14-5-4-6-15(18)12(14)2/h4-9,16,19H,10H2,1-3H3. The van der Waals surface area contributed by atoms with E-state index in [1.165, 1.54) is 0 Å². The van der Waals surface area contributed by atoms with Crippen molar-refractivity contribution in [1.82, 2.24) is 0 Å². The van der Waals surface area contributed by atoms with E-state index >= 15 is 0 Å². The molecule has 1 N–H and O–H groups in total. The molecule has 2 aromatic rings. The summed E-state index contributed by atoms with van der Waals surface area (Å²) in [5.41, 5.74) is 3.93. The van der Waals surface area contributed by atoms with Gasteiger partial charge in [0.2, 0.25) is 0 Å². The molecule has 0 spiro atoms. The molecule has 0 saturated heterocycles. The normalized spacial score (nSPS) is 12.2. The van der Waals surface area contributed by atoms with Gasteiger partial charge in [-0.1, -0.05) is 41.4 Å². The zero-order valence-corrected chi connectivity index (χ0v) is 12.7. The summed E-state index contributed by atoms with van der Waals surface area (Å²) in [7, 11) is 1.64. The second-order valence-electron chi connectivity index (χ2n) is 4.99. The monoisotopic (exact) mass is 290 g/mol. The van der Waals surface area contributed by atoms with Crippen LogP contribution in [0.2, 0.25) is 5.02 Å². The van der Waals surface area contributed by atoms with E-state index < -0.39 is 6.10 Å². The topological polar surface area (TPSA) is 29.5 Å². The lowest BCUT2D eigenvalue weighted by molar-refractivity contribution is 0.176. The van der Waals surface area contributed by atoms with Crippen LogP contribution in [0, 0.1) is 13.8 Å². The third-order valence-electron chi connectivity index (χ3n) is 3.52. The van der Waals surface area contributed by atoms with E-state index in [2.05, 4.69) is 0 Å². The minimum Gasteiger partial charge on any atom is -0.496 e. The van der Waals surface area contributed by atoms with Gasteiger partial charge < -0.3 is 9.84 Å². The van der Waals surface area contributed by atoms with Crippen LogP contribution in [0.4, 0.5) is 0 Å². The summed E-state index contributed by atoms with van der Waals surface area (Å²) in [5.74, 6) is 0.800. The van der Waals surface area contributed by atoms with Crippen molar-refractivity contribution in [2.75, 3.05) is 7.11 Å². The van der Waals surface area contributed by atoms with Gasteiger partial charge in [0, 0.05) is 11.4 Å². The van der Waals surface area contributed by atoms with Crippen LogP contribution in [0.1, 0.15) is 28.4 Å². The van der Waals surface area contributed by atoms with E-state index in [1.54, 1.807) is 7.11 Å². The maximum atomic E-state index is 10.5. The number of ether oxygens (including phenoxy) is 1. The largest absolute Gasteiger partial charge is 0.496 e. The summed E-state index contributed by atoms with van der Waals surface area (Å²) >= 11 is 6.11. The van der Waals surface area contributed by atoms with Crippen LogP contribution in [0.25, 0.3) is 0 Å². The summed E-state index contributed by atoms with van der Waals surface area (Å²) in [6.45, 7) is 3.95. The Morgan fingerprint density at radius 2 is 1.95 bits per heavy atom. The van der Waals surface area contributed by atoms with Gasteiger partial charge in [-0.25, -0.2) is 0 Å². The van der Waals surface area contributed by atoms with Crippen LogP contribution >= 0.6 is 11.6 Å². The van der Waals surface area contributed by atoms with Crippen molar-refractivity contribution in [3.05, 3.63) is 63.7 Å². The molecule has 2 nitrogen and oxygen atoms in total. The summed E-state index contributed by atoms with van der Waals surface area (Å²) in [6.07, 6.45) is -0.0872. The molecule has 1 atom stereocenters. The molecule has 20 heavy (non-hydrogen) atoms. The van der Waals surface area contributed by atoms with Gasteiger partial charge in [0.15, 0.2) is 0 Å². The van der Waals surface area contributed by atoms with Gasteiger partial charge >= 0.3 is 0 Å². The summed E-state index contributed by atoms with van der Waals surface area (Å²) in [5, 5.41) is 11.2. The molecule has 1 unspecified atom stereocenters. The minimum atomic E-state index is -0.593. The zero-order valence-electron chi connectivity index (χ0n) is 12.0. The number of hydrogen-bond acceptors (Lipinski definition) is 2. The fraction of sp³-hybridized carbons (Fsp3) is 0.294. The smallest absolute Gasteiger partial charge is 0.122 e. The molecule has 0 aliphatic rings. The molecule has 0 heterocycles. The van der Waals surface area contributed by atoms with E-state index in [-0.39, 0.29) is 0 Å². The lowest BCUT2D eigenvalue weighted by atomic mass is 9.96. The molecular weight excluding hydrogens is 272 g/mol. The number of benzene rings is 2. The molecule has 106 valence electrons. The molecule has 0 saturated carbocycles. The highest BCUT2D eigenvalue weighted by Crippen LogP contribution is 2.29. The van der Waals surface area contributed by atoms with Crippen molar-refractivity contribution in [3.8, 4) is 5.75 Å². The Kier molecular flexibility index (Phi) is 4.69. The van der Waals surface area contributed by atoms with E-state index in [4.69, 9.17) is 16.3 Å². The van der Waals surface area contributed by atoms with Crippen LogP contribution < -0.4 is 4.74 Å². The Hall–Kier alpha value is -1.51. The van der Waals surface area contributed by atoms with Crippen LogP contribution in [0.3, 0.4) is 0 Å². The Bertz CT molecular complexity index is 608. The average molecular weight is 291 g/mol. The number of hydrogen-bond donors (Lipinski definition) is 1. The molecule has 0 amide bonds. The van der Waals surface area contributed by atoms with Crippen LogP contribution in [0.5, 0.6) is 5.75 Å². The highest BCUT2D eigenvalue weighted by atomic mass is 35.5. The SMILES string of the molecule is COc1ccc(C)cc1CC(O)c1cccc(Cl)c1C. The van der Waals surface area contributed by atoms with Crippen molar-refractivity contribution in [2.24, 2.45) is 0 Å². The number of rotatable bonds is 4. The third kappa shape index (κ3) is 3.14. The molecular formula is C17H19ClO2. The molecule has 0 aromatic heterocycles. The quantitative estimate of drug-likeness (QED) is 0.912. The Balaban J connectivity index is 2.30. The second-order valence-corrected chi connectivity index (χ2v) is 5.40. The molecule has 0 bridgehead atoms. The minimum absolute atomic E-state index is 0.506. The van der Waals surface area contributed by atoms with Crippen LogP contribution in [-0.4, -0.2) is 12.2 Å². The zero-order chi connectivity index (χ0) is 14.7. The van der Waals surface area contributed by atoms with E-state index in [0.717, 1.165) is 28.0 Å². The fourth-order valence-corrected chi connectivity index (χ4v) is 2.55. The van der Waals surface area contributed by atoms with Gasteiger partial charge in [0.1, 0.15) is 5.75 Å². The summed E-state index contributed by atoms with van der Waals surface area (Å²) in [4.78, 5) is 0. The molecule has 0 aliphatic heterocycles. The van der Waals surface area contributed by atoms with Crippen molar-refractivity contribution < 1.29 is 9.84 Å². The number of methoxy groups -OCH3 is 1. The fourth-order valence-electron chi connectivity index (χ4n) is 2.37. The van der Waals surface area contributed by atoms with Crippen LogP contribution in [0.15, 0.2) is 36.4 Å². The Morgan fingerprint density at radius 1 is 1.20 bits per heavy atom. The van der Waals surface area contributed by atoms with Crippen LogP contribution in [-0.2, 0) is 6.42 Å². The molecule has 2 aromatic carbocycles. The molecule has 0 fully saturated rings. The van der Waals surface area contributed by atoms with Gasteiger partial charge in [-0.2, -0.15) is 0 Å². The molecule has 2 rings (SSSR count). The summed E-state index contributed by atoms with van der Waals surface area (Å²) in [6, 6.07) is 11.6. The number of aryl methyl sites for hydroxylation is 1. The highest BCUT2D eigenvalue weighted by molar-refractivity contribution is 6.31. The lowest BCUT2D eigenvalue weighted by Gasteiger charge is -2.17. The van der Waals surface area contributed by atoms with E-state index in [0.29, 0.717) is 11.4 Å². The molecule has 0 aliphatic carbocycles. The van der Waals surface area contributed by atoms with E-state index in [9.17, 15) is 5.11 Å². The predicted octanol–water partition coefficient (Wildman–Crippen LogP) is 4.24. The maximum Gasteiger partial charge on any atom is 0.122 e. The molecule has 3 heteroatoms.